The van der Waals surface area contributed by atoms with Gasteiger partial charge in [-0.2, -0.15) is 5.10 Å². The molecule has 1 fully saturated rings. The van der Waals surface area contributed by atoms with Crippen molar-refractivity contribution in [2.24, 2.45) is 13.0 Å². The van der Waals surface area contributed by atoms with Gasteiger partial charge in [0, 0.05) is 31.9 Å². The molecule has 1 aliphatic heterocycles. The van der Waals surface area contributed by atoms with E-state index in [2.05, 4.69) is 10.1 Å². The van der Waals surface area contributed by atoms with E-state index in [1.807, 2.05) is 13.2 Å². The lowest BCUT2D eigenvalue weighted by Crippen LogP contribution is -2.29. The van der Waals surface area contributed by atoms with Crippen molar-refractivity contribution < 1.29 is 14.7 Å². The maximum atomic E-state index is 12.3. The second-order valence-electron chi connectivity index (χ2n) is 5.01. The molecule has 21 heavy (non-hydrogen) atoms. The van der Waals surface area contributed by atoms with Crippen molar-refractivity contribution in [1.82, 2.24) is 19.7 Å². The summed E-state index contributed by atoms with van der Waals surface area (Å²) in [5.74, 6) is -1.45. The Labute approximate surface area is 124 Å². The molecule has 3 rings (SSSR count). The molecule has 8 heteroatoms. The number of nitrogens with zero attached hydrogens (tertiary/aromatic N) is 4. The summed E-state index contributed by atoms with van der Waals surface area (Å²) in [4.78, 5) is 29.6. The topological polar surface area (TPSA) is 88.3 Å². The first-order valence-corrected chi connectivity index (χ1v) is 7.33. The lowest BCUT2D eigenvalue weighted by molar-refractivity contribution is -0.141. The van der Waals surface area contributed by atoms with Gasteiger partial charge in [0.2, 0.25) is 0 Å². The van der Waals surface area contributed by atoms with Crippen LogP contribution in [0.3, 0.4) is 0 Å². The van der Waals surface area contributed by atoms with Crippen LogP contribution in [0.15, 0.2) is 18.6 Å². The Kier molecular flexibility index (Phi) is 3.46. The molecule has 1 amide bonds. The summed E-state index contributed by atoms with van der Waals surface area (Å²) >= 11 is 1.30. The molecule has 0 spiro atoms. The number of aryl methyl sites for hydroxylation is 1. The van der Waals surface area contributed by atoms with Crippen molar-refractivity contribution in [3.05, 3.63) is 23.5 Å². The Balaban J connectivity index is 1.74. The van der Waals surface area contributed by atoms with Crippen LogP contribution in [0.1, 0.15) is 16.1 Å². The van der Waals surface area contributed by atoms with Crippen LogP contribution < -0.4 is 0 Å². The third-order valence-electron chi connectivity index (χ3n) is 3.49. The molecule has 110 valence electrons. The van der Waals surface area contributed by atoms with E-state index in [1.54, 1.807) is 22.0 Å². The van der Waals surface area contributed by atoms with Gasteiger partial charge in [-0.15, -0.1) is 11.3 Å². The molecular formula is C13H14N4O3S. The monoisotopic (exact) mass is 306 g/mol. The smallest absolute Gasteiger partial charge is 0.308 e. The number of amides is 1. The van der Waals surface area contributed by atoms with Gasteiger partial charge in [0.25, 0.3) is 5.91 Å². The SMILES string of the molecule is Cn1cc(-c2ncc(C(=O)N3CCC(C(=O)O)C3)s2)cn1. The number of likely N-dealkylation sites (tertiary alicyclic amines) is 1. The summed E-state index contributed by atoms with van der Waals surface area (Å²) in [6, 6.07) is 0. The van der Waals surface area contributed by atoms with Crippen LogP contribution in [0.2, 0.25) is 0 Å². The van der Waals surface area contributed by atoms with Crippen molar-refractivity contribution in [3.63, 3.8) is 0 Å². The average molecular weight is 306 g/mol. The highest BCUT2D eigenvalue weighted by Crippen LogP contribution is 2.27. The summed E-state index contributed by atoms with van der Waals surface area (Å²) in [6.45, 7) is 0.754. The van der Waals surface area contributed by atoms with Crippen LogP contribution in [-0.4, -0.2) is 49.7 Å². The molecule has 0 bridgehead atoms. The van der Waals surface area contributed by atoms with Crippen LogP contribution in [0.4, 0.5) is 0 Å². The molecule has 7 nitrogen and oxygen atoms in total. The molecule has 0 aliphatic carbocycles. The number of carboxylic acid groups (broad SMARTS) is 1. The number of rotatable bonds is 3. The van der Waals surface area contributed by atoms with Crippen molar-refractivity contribution in [3.8, 4) is 10.6 Å². The van der Waals surface area contributed by atoms with Gasteiger partial charge in [0.1, 0.15) is 9.88 Å². The minimum Gasteiger partial charge on any atom is -0.481 e. The van der Waals surface area contributed by atoms with E-state index in [9.17, 15) is 9.59 Å². The minimum atomic E-state index is -0.842. The molecule has 1 saturated heterocycles. The van der Waals surface area contributed by atoms with E-state index < -0.39 is 11.9 Å². The maximum Gasteiger partial charge on any atom is 0.308 e. The summed E-state index contributed by atoms with van der Waals surface area (Å²) in [7, 11) is 1.82. The fourth-order valence-electron chi connectivity index (χ4n) is 2.34. The summed E-state index contributed by atoms with van der Waals surface area (Å²) in [6.07, 6.45) is 5.59. The number of carbonyl (C=O) groups excluding carboxylic acids is 1. The molecule has 1 N–H and O–H groups in total. The molecule has 1 atom stereocenters. The number of hydrogen-bond donors (Lipinski definition) is 1. The van der Waals surface area contributed by atoms with Crippen LogP contribution in [0, 0.1) is 5.92 Å². The molecule has 0 aromatic carbocycles. The van der Waals surface area contributed by atoms with Crippen molar-refractivity contribution in [2.75, 3.05) is 13.1 Å². The first-order valence-electron chi connectivity index (χ1n) is 6.51. The highest BCUT2D eigenvalue weighted by atomic mass is 32.1. The predicted octanol–water partition coefficient (Wildman–Crippen LogP) is 1.09. The standard InChI is InChI=1S/C13H14N4O3S/c1-16-6-9(4-15-16)11-14-5-10(21-11)12(18)17-3-2-8(7-17)13(19)20/h4-6,8H,2-3,7H2,1H3,(H,19,20). The van der Waals surface area contributed by atoms with Crippen LogP contribution in [0.25, 0.3) is 10.6 Å². The van der Waals surface area contributed by atoms with Gasteiger partial charge in [0.15, 0.2) is 0 Å². The molecular weight excluding hydrogens is 292 g/mol. The Bertz CT molecular complexity index is 693. The van der Waals surface area contributed by atoms with Crippen LogP contribution >= 0.6 is 11.3 Å². The van der Waals surface area contributed by atoms with Crippen LogP contribution in [0.5, 0.6) is 0 Å². The highest BCUT2D eigenvalue weighted by molar-refractivity contribution is 7.16. The number of carboxylic acids is 1. The van der Waals surface area contributed by atoms with E-state index in [1.165, 1.54) is 11.3 Å². The Morgan fingerprint density at radius 2 is 2.24 bits per heavy atom. The van der Waals surface area contributed by atoms with E-state index in [4.69, 9.17) is 5.11 Å². The van der Waals surface area contributed by atoms with Gasteiger partial charge in [0.05, 0.1) is 18.3 Å². The van der Waals surface area contributed by atoms with Crippen molar-refractivity contribution in [1.29, 1.82) is 0 Å². The second kappa shape index (κ2) is 5.28. The minimum absolute atomic E-state index is 0.147. The zero-order chi connectivity index (χ0) is 15.0. The largest absolute Gasteiger partial charge is 0.481 e. The molecule has 0 radical (unpaired) electrons. The quantitative estimate of drug-likeness (QED) is 0.917. The normalized spacial score (nSPS) is 18.1. The third-order valence-corrected chi connectivity index (χ3v) is 4.53. The zero-order valence-electron chi connectivity index (χ0n) is 11.4. The number of thiazole rings is 1. The number of aromatic nitrogens is 3. The van der Waals surface area contributed by atoms with Gasteiger partial charge in [-0.1, -0.05) is 0 Å². The molecule has 2 aromatic rings. The van der Waals surface area contributed by atoms with Crippen molar-refractivity contribution in [2.45, 2.75) is 6.42 Å². The van der Waals surface area contributed by atoms with Gasteiger partial charge in [-0.3, -0.25) is 14.3 Å². The first kappa shape index (κ1) is 13.7. The van der Waals surface area contributed by atoms with Crippen molar-refractivity contribution >= 4 is 23.2 Å². The lowest BCUT2D eigenvalue weighted by atomic mass is 10.1. The van der Waals surface area contributed by atoms with Gasteiger partial charge < -0.3 is 10.0 Å². The number of carbonyl (C=O) groups is 2. The summed E-state index contributed by atoms with van der Waals surface area (Å²) in [5.41, 5.74) is 0.867. The molecule has 1 unspecified atom stereocenters. The third kappa shape index (κ3) is 2.66. The first-order chi connectivity index (χ1) is 10.0. The Morgan fingerprint density at radius 1 is 1.43 bits per heavy atom. The van der Waals surface area contributed by atoms with E-state index in [0.29, 0.717) is 17.8 Å². The fourth-order valence-corrected chi connectivity index (χ4v) is 3.20. The van der Waals surface area contributed by atoms with E-state index in [0.717, 1.165) is 10.6 Å². The molecule has 0 saturated carbocycles. The second-order valence-corrected chi connectivity index (χ2v) is 6.04. The molecule has 3 heterocycles. The predicted molar refractivity (Wildman–Crippen MR) is 76.0 cm³/mol. The lowest BCUT2D eigenvalue weighted by Gasteiger charge is -2.13. The van der Waals surface area contributed by atoms with E-state index in [-0.39, 0.29) is 12.5 Å². The maximum absolute atomic E-state index is 12.3. The van der Waals surface area contributed by atoms with E-state index >= 15 is 0 Å². The number of hydrogen-bond acceptors (Lipinski definition) is 5. The molecule has 1 aliphatic rings. The Morgan fingerprint density at radius 3 is 2.86 bits per heavy atom. The Hall–Kier alpha value is -2.22. The average Bonchev–Trinajstić information content (AvgIpc) is 3.17. The van der Waals surface area contributed by atoms with Gasteiger partial charge in [-0.25, -0.2) is 4.98 Å². The van der Waals surface area contributed by atoms with Gasteiger partial charge >= 0.3 is 5.97 Å². The highest BCUT2D eigenvalue weighted by Gasteiger charge is 2.32. The fraction of sp³-hybridized carbons (Fsp3) is 0.385. The summed E-state index contributed by atoms with van der Waals surface area (Å²) < 4.78 is 1.68. The zero-order valence-corrected chi connectivity index (χ0v) is 12.2. The summed E-state index contributed by atoms with van der Waals surface area (Å²) in [5, 5.41) is 13.8. The van der Waals surface area contributed by atoms with Crippen LogP contribution in [-0.2, 0) is 11.8 Å². The molecule has 2 aromatic heterocycles. The number of aliphatic carboxylic acids is 1. The van der Waals surface area contributed by atoms with Gasteiger partial charge in [-0.05, 0) is 6.42 Å².